The van der Waals surface area contributed by atoms with Crippen LogP contribution < -0.4 is 9.47 Å². The molecule has 1 aromatic rings. The lowest BCUT2D eigenvalue weighted by Crippen LogP contribution is -1.93. The second kappa shape index (κ2) is 4.18. The highest BCUT2D eigenvalue weighted by Crippen LogP contribution is 2.24. The number of nitrogens with zero attached hydrogens (tertiary/aromatic N) is 3. The van der Waals surface area contributed by atoms with Crippen LogP contribution in [-0.4, -0.2) is 30.3 Å². The molecule has 0 N–H and O–H groups in total. The van der Waals surface area contributed by atoms with Crippen molar-refractivity contribution >= 4 is 11.9 Å². The summed E-state index contributed by atoms with van der Waals surface area (Å²) in [5, 5.41) is 0. The minimum atomic E-state index is 0.101. The maximum atomic E-state index is 9.99. The number of methoxy groups -OCH3 is 2. The smallest absolute Gasteiger partial charge is 0.318 e. The first-order valence-corrected chi connectivity index (χ1v) is 3.34. The molecule has 6 nitrogen and oxygen atoms in total. The Balaban J connectivity index is 3.17. The van der Waals surface area contributed by atoms with Crippen molar-refractivity contribution in [1.82, 2.24) is 9.97 Å². The number of isocyanates is 1. The third-order valence-electron chi connectivity index (χ3n) is 1.27. The largest absolute Gasteiger partial charge is 0.491 e. The molecule has 0 aliphatic carbocycles. The van der Waals surface area contributed by atoms with Crippen molar-refractivity contribution in [3.63, 3.8) is 0 Å². The molecule has 1 rings (SSSR count). The van der Waals surface area contributed by atoms with Crippen LogP contribution in [0.15, 0.2) is 11.2 Å². The molecule has 0 atom stereocenters. The molecule has 0 amide bonds. The van der Waals surface area contributed by atoms with Crippen molar-refractivity contribution in [3.05, 3.63) is 6.20 Å². The predicted octanol–water partition coefficient (Wildman–Crippen LogP) is 0.461. The van der Waals surface area contributed by atoms with Crippen LogP contribution in [-0.2, 0) is 4.79 Å². The molecule has 0 unspecified atom stereocenters. The number of ether oxygens (including phenoxy) is 2. The summed E-state index contributed by atoms with van der Waals surface area (Å²) < 4.78 is 9.58. The molecule has 0 aliphatic rings. The number of aliphatic imine (C=N–C) groups is 1. The van der Waals surface area contributed by atoms with Crippen LogP contribution in [0.3, 0.4) is 0 Å². The van der Waals surface area contributed by atoms with Gasteiger partial charge in [0.2, 0.25) is 11.9 Å². The van der Waals surface area contributed by atoms with E-state index in [9.17, 15) is 4.79 Å². The molecule has 1 aromatic heterocycles. The van der Waals surface area contributed by atoms with Crippen LogP contribution in [0.4, 0.5) is 5.82 Å². The van der Waals surface area contributed by atoms with Crippen LogP contribution in [0.2, 0.25) is 0 Å². The molecule has 0 aliphatic heterocycles. The lowest BCUT2D eigenvalue weighted by Gasteiger charge is -2.02. The lowest BCUT2D eigenvalue weighted by atomic mass is 10.5. The quantitative estimate of drug-likeness (QED) is 0.500. The van der Waals surface area contributed by atoms with Gasteiger partial charge in [0.25, 0.3) is 0 Å². The topological polar surface area (TPSA) is 73.7 Å². The average Bonchev–Trinajstić information content (AvgIpc) is 2.18. The van der Waals surface area contributed by atoms with Gasteiger partial charge in [0.1, 0.15) is 0 Å². The Labute approximate surface area is 74.2 Å². The molecule has 0 aromatic carbocycles. The summed E-state index contributed by atoms with van der Waals surface area (Å²) in [5.74, 6) is 0.397. The van der Waals surface area contributed by atoms with E-state index in [1.807, 2.05) is 0 Å². The molecular weight excluding hydrogens is 174 g/mol. The Morgan fingerprint density at radius 3 is 2.77 bits per heavy atom. The maximum absolute atomic E-state index is 9.99. The summed E-state index contributed by atoms with van der Waals surface area (Å²) in [6, 6.07) is 0.120. The minimum absolute atomic E-state index is 0.101. The SMILES string of the molecule is COc1ncc(OC)c(N=C=O)n1. The number of rotatable bonds is 3. The lowest BCUT2D eigenvalue weighted by molar-refractivity contribution is 0.370. The van der Waals surface area contributed by atoms with Gasteiger partial charge in [-0.2, -0.15) is 9.97 Å². The average molecular weight is 181 g/mol. The Kier molecular flexibility index (Phi) is 2.94. The zero-order valence-corrected chi connectivity index (χ0v) is 7.14. The zero-order chi connectivity index (χ0) is 9.68. The number of carbonyl (C=O) groups excluding carboxylic acids is 1. The highest BCUT2D eigenvalue weighted by Gasteiger charge is 2.05. The number of hydrogen-bond donors (Lipinski definition) is 0. The first-order valence-electron chi connectivity index (χ1n) is 3.34. The summed E-state index contributed by atoms with van der Waals surface area (Å²) in [6.45, 7) is 0. The second-order valence-corrected chi connectivity index (χ2v) is 1.95. The van der Waals surface area contributed by atoms with Gasteiger partial charge in [0.15, 0.2) is 5.75 Å². The maximum Gasteiger partial charge on any atom is 0.318 e. The van der Waals surface area contributed by atoms with Gasteiger partial charge in [-0.15, -0.1) is 4.99 Å². The molecule has 0 saturated heterocycles. The van der Waals surface area contributed by atoms with Gasteiger partial charge in [0.05, 0.1) is 20.4 Å². The van der Waals surface area contributed by atoms with E-state index in [2.05, 4.69) is 15.0 Å². The standard InChI is InChI=1S/C7H7N3O3/c1-12-5-3-8-7(13-2)10-6(5)9-4-11/h3H,1-2H3. The fourth-order valence-corrected chi connectivity index (χ4v) is 0.712. The molecule has 0 bridgehead atoms. The van der Waals surface area contributed by atoms with Crippen molar-refractivity contribution in [2.75, 3.05) is 14.2 Å². The van der Waals surface area contributed by atoms with E-state index < -0.39 is 0 Å². The first kappa shape index (κ1) is 9.15. The van der Waals surface area contributed by atoms with Crippen molar-refractivity contribution in [1.29, 1.82) is 0 Å². The van der Waals surface area contributed by atoms with Gasteiger partial charge in [0, 0.05) is 0 Å². The zero-order valence-electron chi connectivity index (χ0n) is 7.14. The van der Waals surface area contributed by atoms with Gasteiger partial charge in [-0.3, -0.25) is 0 Å². The van der Waals surface area contributed by atoms with Crippen LogP contribution in [0.5, 0.6) is 11.8 Å². The fourth-order valence-electron chi connectivity index (χ4n) is 0.712. The second-order valence-electron chi connectivity index (χ2n) is 1.95. The molecule has 0 fully saturated rings. The van der Waals surface area contributed by atoms with Crippen LogP contribution in [0, 0.1) is 0 Å². The third-order valence-corrected chi connectivity index (χ3v) is 1.27. The third kappa shape index (κ3) is 2.00. The van der Waals surface area contributed by atoms with Crippen LogP contribution in [0.1, 0.15) is 0 Å². The highest BCUT2D eigenvalue weighted by molar-refractivity contribution is 5.52. The van der Waals surface area contributed by atoms with Crippen molar-refractivity contribution < 1.29 is 14.3 Å². The van der Waals surface area contributed by atoms with E-state index in [-0.39, 0.29) is 11.8 Å². The molecule has 0 spiro atoms. The summed E-state index contributed by atoms with van der Waals surface area (Å²) >= 11 is 0. The molecule has 1 heterocycles. The summed E-state index contributed by atoms with van der Waals surface area (Å²) in [5.41, 5.74) is 0. The Bertz CT molecular complexity index is 347. The van der Waals surface area contributed by atoms with Crippen molar-refractivity contribution in [3.8, 4) is 11.8 Å². The van der Waals surface area contributed by atoms with E-state index >= 15 is 0 Å². The highest BCUT2D eigenvalue weighted by atomic mass is 16.5. The van der Waals surface area contributed by atoms with Gasteiger partial charge < -0.3 is 9.47 Å². The minimum Gasteiger partial charge on any atom is -0.491 e. The molecule has 0 saturated carbocycles. The molecular formula is C7H7N3O3. The molecule has 0 radical (unpaired) electrons. The monoisotopic (exact) mass is 181 g/mol. The molecule has 13 heavy (non-hydrogen) atoms. The Morgan fingerprint density at radius 2 is 2.23 bits per heavy atom. The fraction of sp³-hybridized carbons (Fsp3) is 0.286. The van der Waals surface area contributed by atoms with Gasteiger partial charge >= 0.3 is 6.01 Å². The van der Waals surface area contributed by atoms with E-state index in [0.29, 0.717) is 5.75 Å². The summed E-state index contributed by atoms with van der Waals surface area (Å²) in [4.78, 5) is 20.8. The van der Waals surface area contributed by atoms with E-state index in [1.165, 1.54) is 26.5 Å². The number of hydrogen-bond acceptors (Lipinski definition) is 6. The molecule has 6 heteroatoms. The van der Waals surface area contributed by atoms with Gasteiger partial charge in [-0.1, -0.05) is 0 Å². The molecule has 68 valence electrons. The van der Waals surface area contributed by atoms with Crippen molar-refractivity contribution in [2.45, 2.75) is 0 Å². The predicted molar refractivity (Wildman–Crippen MR) is 42.9 cm³/mol. The summed E-state index contributed by atoms with van der Waals surface area (Å²) in [7, 11) is 2.84. The van der Waals surface area contributed by atoms with Gasteiger partial charge in [-0.05, 0) is 0 Å². The van der Waals surface area contributed by atoms with E-state index in [0.717, 1.165) is 0 Å². The first-order chi connectivity index (χ1) is 6.31. The van der Waals surface area contributed by atoms with E-state index in [1.54, 1.807) is 0 Å². The van der Waals surface area contributed by atoms with Crippen LogP contribution in [0.25, 0.3) is 0 Å². The van der Waals surface area contributed by atoms with Crippen molar-refractivity contribution in [2.24, 2.45) is 4.99 Å². The van der Waals surface area contributed by atoms with E-state index in [4.69, 9.17) is 9.47 Å². The Hall–Kier alpha value is -1.94. The summed E-state index contributed by atoms with van der Waals surface area (Å²) in [6.07, 6.45) is 2.72. The van der Waals surface area contributed by atoms with Crippen LogP contribution >= 0.6 is 0 Å². The Morgan fingerprint density at radius 1 is 1.46 bits per heavy atom. The number of aromatic nitrogens is 2. The normalized spacial score (nSPS) is 8.77. The van der Waals surface area contributed by atoms with Gasteiger partial charge in [-0.25, -0.2) is 4.79 Å².